The highest BCUT2D eigenvalue weighted by Gasteiger charge is 2.14. The van der Waals surface area contributed by atoms with Crippen molar-refractivity contribution in [3.8, 4) is 33.4 Å². The van der Waals surface area contributed by atoms with E-state index in [4.69, 9.17) is 11.5 Å². The zero-order valence-electron chi connectivity index (χ0n) is 14.4. The van der Waals surface area contributed by atoms with Crippen LogP contribution in [0.25, 0.3) is 33.4 Å². The maximum Gasteiger partial charge on any atom is 0.0400 e. The van der Waals surface area contributed by atoms with Crippen LogP contribution in [0, 0.1) is 0 Å². The Morgan fingerprint density at radius 2 is 0.923 bits per heavy atom. The molecule has 2 heteroatoms. The normalized spacial score (nSPS) is 10.6. The van der Waals surface area contributed by atoms with Gasteiger partial charge in [-0.05, 0) is 40.5 Å². The Balaban J connectivity index is 2.01. The first-order valence-electron chi connectivity index (χ1n) is 8.63. The highest BCUT2D eigenvalue weighted by atomic mass is 14.6. The smallest absolute Gasteiger partial charge is 0.0400 e. The molecule has 0 fully saturated rings. The van der Waals surface area contributed by atoms with Gasteiger partial charge in [-0.1, -0.05) is 78.9 Å². The first kappa shape index (κ1) is 16.0. The van der Waals surface area contributed by atoms with Gasteiger partial charge in [0.2, 0.25) is 0 Å². The molecule has 0 saturated carbocycles. The van der Waals surface area contributed by atoms with E-state index in [0.717, 1.165) is 44.8 Å². The van der Waals surface area contributed by atoms with E-state index in [2.05, 4.69) is 42.5 Å². The molecule has 0 radical (unpaired) electrons. The van der Waals surface area contributed by atoms with E-state index in [-0.39, 0.29) is 0 Å². The lowest BCUT2D eigenvalue weighted by Crippen LogP contribution is -1.96. The number of rotatable bonds is 3. The summed E-state index contributed by atoms with van der Waals surface area (Å²) in [5, 5.41) is 0. The van der Waals surface area contributed by atoms with Gasteiger partial charge in [-0.25, -0.2) is 0 Å². The number of anilines is 2. The molecular formula is C24H20N2. The van der Waals surface area contributed by atoms with Crippen LogP contribution in [0.5, 0.6) is 0 Å². The lowest BCUT2D eigenvalue weighted by atomic mass is 9.89. The standard InChI is InChI=1S/C24H20N2/c25-23-14-8-7-13-19(23)22-15-21(18-11-5-2-6-12-18)24(26)16-20(22)17-9-3-1-4-10-17/h1-16H,25-26H2. The Labute approximate surface area is 153 Å². The van der Waals surface area contributed by atoms with Crippen LogP contribution in [-0.2, 0) is 0 Å². The van der Waals surface area contributed by atoms with Gasteiger partial charge < -0.3 is 11.5 Å². The van der Waals surface area contributed by atoms with Crippen molar-refractivity contribution in [2.24, 2.45) is 0 Å². The SMILES string of the molecule is Nc1cc(-c2ccccc2)c(-c2ccccc2N)cc1-c1ccccc1. The summed E-state index contributed by atoms with van der Waals surface area (Å²) in [7, 11) is 0. The van der Waals surface area contributed by atoms with Crippen molar-refractivity contribution in [3.63, 3.8) is 0 Å². The minimum absolute atomic E-state index is 0.758. The predicted octanol–water partition coefficient (Wildman–Crippen LogP) is 5.85. The van der Waals surface area contributed by atoms with E-state index in [0.29, 0.717) is 0 Å². The van der Waals surface area contributed by atoms with Crippen molar-refractivity contribution in [1.82, 2.24) is 0 Å². The van der Waals surface area contributed by atoms with E-state index in [1.165, 1.54) is 0 Å². The summed E-state index contributed by atoms with van der Waals surface area (Å²) in [6.07, 6.45) is 0. The maximum atomic E-state index is 6.44. The first-order chi connectivity index (χ1) is 12.7. The Hall–Kier alpha value is -3.52. The van der Waals surface area contributed by atoms with Gasteiger partial charge in [-0.2, -0.15) is 0 Å². The molecule has 0 aromatic heterocycles. The van der Waals surface area contributed by atoms with Crippen LogP contribution in [0.2, 0.25) is 0 Å². The molecule has 0 saturated heterocycles. The predicted molar refractivity (Wildman–Crippen MR) is 112 cm³/mol. The average molecular weight is 336 g/mol. The number of nitrogen functional groups attached to an aromatic ring is 2. The minimum atomic E-state index is 0.758. The molecule has 0 bridgehead atoms. The van der Waals surface area contributed by atoms with Crippen molar-refractivity contribution in [1.29, 1.82) is 0 Å². The third-order valence-electron chi connectivity index (χ3n) is 4.61. The van der Waals surface area contributed by atoms with Gasteiger partial charge in [0.25, 0.3) is 0 Å². The number of benzene rings is 4. The maximum absolute atomic E-state index is 6.44. The Morgan fingerprint density at radius 3 is 1.54 bits per heavy atom. The fraction of sp³-hybridized carbons (Fsp3) is 0. The van der Waals surface area contributed by atoms with Gasteiger partial charge in [0, 0.05) is 22.5 Å². The fourth-order valence-electron chi connectivity index (χ4n) is 3.31. The van der Waals surface area contributed by atoms with E-state index in [1.54, 1.807) is 0 Å². The van der Waals surface area contributed by atoms with Crippen molar-refractivity contribution in [2.45, 2.75) is 0 Å². The molecule has 0 unspecified atom stereocenters. The Kier molecular flexibility index (Phi) is 4.16. The molecule has 4 rings (SSSR count). The summed E-state index contributed by atoms with van der Waals surface area (Å²) in [4.78, 5) is 0. The zero-order valence-corrected chi connectivity index (χ0v) is 14.4. The highest BCUT2D eigenvalue weighted by molar-refractivity contribution is 5.95. The van der Waals surface area contributed by atoms with Crippen LogP contribution >= 0.6 is 0 Å². The van der Waals surface area contributed by atoms with Crippen molar-refractivity contribution in [3.05, 3.63) is 97.1 Å². The largest absolute Gasteiger partial charge is 0.398 e. The molecule has 26 heavy (non-hydrogen) atoms. The molecule has 2 nitrogen and oxygen atoms in total. The van der Waals surface area contributed by atoms with Crippen molar-refractivity contribution in [2.75, 3.05) is 11.5 Å². The van der Waals surface area contributed by atoms with Crippen LogP contribution in [0.1, 0.15) is 0 Å². The first-order valence-corrected chi connectivity index (χ1v) is 8.63. The average Bonchev–Trinajstić information content (AvgIpc) is 2.70. The molecule has 4 N–H and O–H groups in total. The van der Waals surface area contributed by atoms with Crippen molar-refractivity contribution < 1.29 is 0 Å². The summed E-state index contributed by atoms with van der Waals surface area (Å²) in [6, 6.07) is 32.7. The van der Waals surface area contributed by atoms with Crippen LogP contribution in [0.15, 0.2) is 97.1 Å². The second kappa shape index (κ2) is 6.77. The van der Waals surface area contributed by atoms with Gasteiger partial charge in [-0.3, -0.25) is 0 Å². The Morgan fingerprint density at radius 1 is 0.385 bits per heavy atom. The Bertz CT molecular complexity index is 1040. The summed E-state index contributed by atoms with van der Waals surface area (Å²) in [5.41, 5.74) is 20.7. The van der Waals surface area contributed by atoms with Crippen LogP contribution in [0.4, 0.5) is 11.4 Å². The number of hydrogen-bond donors (Lipinski definition) is 2. The lowest BCUT2D eigenvalue weighted by Gasteiger charge is -2.17. The van der Waals surface area contributed by atoms with E-state index < -0.39 is 0 Å². The van der Waals surface area contributed by atoms with Gasteiger partial charge in [0.15, 0.2) is 0 Å². The second-order valence-electron chi connectivity index (χ2n) is 6.30. The fourth-order valence-corrected chi connectivity index (χ4v) is 3.31. The summed E-state index contributed by atoms with van der Waals surface area (Å²) >= 11 is 0. The molecule has 0 aliphatic heterocycles. The quantitative estimate of drug-likeness (QED) is 0.461. The molecule has 4 aromatic rings. The zero-order chi connectivity index (χ0) is 17.9. The van der Waals surface area contributed by atoms with E-state index in [1.807, 2.05) is 54.6 Å². The molecule has 0 atom stereocenters. The highest BCUT2D eigenvalue weighted by Crippen LogP contribution is 2.40. The summed E-state index contributed by atoms with van der Waals surface area (Å²) in [6.45, 7) is 0. The molecular weight excluding hydrogens is 316 g/mol. The molecule has 0 aliphatic carbocycles. The molecule has 4 aromatic carbocycles. The van der Waals surface area contributed by atoms with Gasteiger partial charge in [0.1, 0.15) is 0 Å². The minimum Gasteiger partial charge on any atom is -0.398 e. The topological polar surface area (TPSA) is 52.0 Å². The lowest BCUT2D eigenvalue weighted by molar-refractivity contribution is 1.56. The summed E-state index contributed by atoms with van der Waals surface area (Å²) < 4.78 is 0. The van der Waals surface area contributed by atoms with Crippen molar-refractivity contribution >= 4 is 11.4 Å². The molecule has 126 valence electrons. The van der Waals surface area contributed by atoms with E-state index >= 15 is 0 Å². The molecule has 0 aliphatic rings. The molecule has 0 amide bonds. The van der Waals surface area contributed by atoms with E-state index in [9.17, 15) is 0 Å². The molecule has 0 heterocycles. The third-order valence-corrected chi connectivity index (χ3v) is 4.61. The second-order valence-corrected chi connectivity index (χ2v) is 6.30. The molecule has 0 spiro atoms. The monoisotopic (exact) mass is 336 g/mol. The van der Waals surface area contributed by atoms with Crippen LogP contribution < -0.4 is 11.5 Å². The number of para-hydroxylation sites is 1. The third kappa shape index (κ3) is 2.93. The van der Waals surface area contributed by atoms with Gasteiger partial charge >= 0.3 is 0 Å². The van der Waals surface area contributed by atoms with Gasteiger partial charge in [0.05, 0.1) is 0 Å². The van der Waals surface area contributed by atoms with Crippen LogP contribution in [0.3, 0.4) is 0 Å². The van der Waals surface area contributed by atoms with Crippen LogP contribution in [-0.4, -0.2) is 0 Å². The number of hydrogen-bond acceptors (Lipinski definition) is 2. The number of nitrogens with two attached hydrogens (primary N) is 2. The summed E-state index contributed by atoms with van der Waals surface area (Å²) in [5.74, 6) is 0. The van der Waals surface area contributed by atoms with Gasteiger partial charge in [-0.15, -0.1) is 0 Å².